The second kappa shape index (κ2) is 7.47. The Morgan fingerprint density at radius 3 is 2.96 bits per heavy atom. The Labute approximate surface area is 140 Å². The van der Waals surface area contributed by atoms with Gasteiger partial charge in [0.25, 0.3) is 11.5 Å². The number of aromatic nitrogens is 2. The van der Waals surface area contributed by atoms with Crippen molar-refractivity contribution in [1.82, 2.24) is 15.5 Å². The van der Waals surface area contributed by atoms with Crippen LogP contribution in [0, 0.1) is 0 Å². The van der Waals surface area contributed by atoms with Crippen LogP contribution in [0.4, 0.5) is 0 Å². The van der Waals surface area contributed by atoms with Crippen molar-refractivity contribution in [2.24, 2.45) is 0 Å². The van der Waals surface area contributed by atoms with E-state index in [1.54, 1.807) is 6.07 Å². The Kier molecular flexibility index (Phi) is 5.13. The van der Waals surface area contributed by atoms with Crippen molar-refractivity contribution >= 4 is 5.91 Å². The molecular weight excluding hydrogens is 306 g/mol. The smallest absolute Gasteiger partial charge is 0.261 e. The SMILES string of the molecule is CCCc1cc(CNC(=O)c2cc3c([nH]c2=O)CCCCC3)on1. The Morgan fingerprint density at radius 1 is 1.29 bits per heavy atom. The molecule has 1 aliphatic rings. The molecule has 0 aliphatic heterocycles. The molecule has 24 heavy (non-hydrogen) atoms. The monoisotopic (exact) mass is 329 g/mol. The van der Waals surface area contributed by atoms with Gasteiger partial charge in [0.1, 0.15) is 5.56 Å². The van der Waals surface area contributed by atoms with Crippen LogP contribution in [-0.2, 0) is 25.8 Å². The number of nitrogens with zero attached hydrogens (tertiary/aromatic N) is 1. The highest BCUT2D eigenvalue weighted by Gasteiger charge is 2.16. The van der Waals surface area contributed by atoms with E-state index in [4.69, 9.17) is 4.52 Å². The number of amides is 1. The fourth-order valence-electron chi connectivity index (χ4n) is 3.10. The summed E-state index contributed by atoms with van der Waals surface area (Å²) < 4.78 is 5.19. The number of carbonyl (C=O) groups excluding carboxylic acids is 1. The number of pyridine rings is 1. The van der Waals surface area contributed by atoms with Crippen LogP contribution in [0.25, 0.3) is 0 Å². The van der Waals surface area contributed by atoms with Crippen molar-refractivity contribution in [1.29, 1.82) is 0 Å². The summed E-state index contributed by atoms with van der Waals surface area (Å²) in [7, 11) is 0. The van der Waals surface area contributed by atoms with E-state index in [1.165, 1.54) is 0 Å². The van der Waals surface area contributed by atoms with E-state index in [0.29, 0.717) is 5.76 Å². The third kappa shape index (κ3) is 3.75. The van der Waals surface area contributed by atoms with Gasteiger partial charge in [-0.2, -0.15) is 0 Å². The lowest BCUT2D eigenvalue weighted by Gasteiger charge is -2.08. The first-order valence-electron chi connectivity index (χ1n) is 8.65. The van der Waals surface area contributed by atoms with Gasteiger partial charge in [0, 0.05) is 11.8 Å². The Balaban J connectivity index is 1.70. The van der Waals surface area contributed by atoms with Crippen molar-refractivity contribution < 1.29 is 9.32 Å². The molecule has 0 radical (unpaired) electrons. The van der Waals surface area contributed by atoms with Gasteiger partial charge < -0.3 is 14.8 Å². The van der Waals surface area contributed by atoms with Crippen molar-refractivity contribution in [3.05, 3.63) is 50.8 Å². The highest BCUT2D eigenvalue weighted by atomic mass is 16.5. The molecule has 0 atom stereocenters. The summed E-state index contributed by atoms with van der Waals surface area (Å²) in [5.41, 5.74) is 2.79. The summed E-state index contributed by atoms with van der Waals surface area (Å²) in [6.07, 6.45) is 6.96. The van der Waals surface area contributed by atoms with E-state index in [0.717, 1.165) is 61.9 Å². The molecule has 0 aromatic carbocycles. The van der Waals surface area contributed by atoms with Crippen LogP contribution in [0.15, 0.2) is 21.5 Å². The van der Waals surface area contributed by atoms with Crippen LogP contribution in [0.5, 0.6) is 0 Å². The number of fused-ring (bicyclic) bond motifs is 1. The molecule has 0 saturated heterocycles. The van der Waals surface area contributed by atoms with Crippen molar-refractivity contribution in [3.63, 3.8) is 0 Å². The lowest BCUT2D eigenvalue weighted by molar-refractivity contribution is 0.0945. The number of nitrogens with one attached hydrogen (secondary N) is 2. The van der Waals surface area contributed by atoms with Gasteiger partial charge in [-0.05, 0) is 43.7 Å². The second-order valence-electron chi connectivity index (χ2n) is 6.29. The van der Waals surface area contributed by atoms with Crippen LogP contribution in [0.1, 0.15) is 65.7 Å². The van der Waals surface area contributed by atoms with Gasteiger partial charge in [-0.3, -0.25) is 9.59 Å². The minimum atomic E-state index is -0.378. The normalized spacial score (nSPS) is 14.0. The zero-order valence-electron chi connectivity index (χ0n) is 14.0. The number of hydrogen-bond donors (Lipinski definition) is 2. The van der Waals surface area contributed by atoms with Gasteiger partial charge in [-0.15, -0.1) is 0 Å². The molecule has 2 aromatic heterocycles. The fourth-order valence-corrected chi connectivity index (χ4v) is 3.10. The maximum Gasteiger partial charge on any atom is 0.261 e. The Morgan fingerprint density at radius 2 is 2.12 bits per heavy atom. The number of H-pyrrole nitrogens is 1. The van der Waals surface area contributed by atoms with Crippen LogP contribution in [0.3, 0.4) is 0 Å². The van der Waals surface area contributed by atoms with Gasteiger partial charge in [0.2, 0.25) is 0 Å². The van der Waals surface area contributed by atoms with Crippen LogP contribution < -0.4 is 10.9 Å². The van der Waals surface area contributed by atoms with E-state index in [9.17, 15) is 9.59 Å². The average Bonchev–Trinajstić information content (AvgIpc) is 2.89. The lowest BCUT2D eigenvalue weighted by atomic mass is 10.1. The molecule has 2 N–H and O–H groups in total. The molecule has 128 valence electrons. The lowest BCUT2D eigenvalue weighted by Crippen LogP contribution is -2.30. The van der Waals surface area contributed by atoms with Gasteiger partial charge in [-0.1, -0.05) is 24.9 Å². The number of carbonyl (C=O) groups is 1. The fraction of sp³-hybridized carbons (Fsp3) is 0.500. The molecule has 6 nitrogen and oxygen atoms in total. The molecule has 0 saturated carbocycles. The zero-order chi connectivity index (χ0) is 16.9. The van der Waals surface area contributed by atoms with E-state index >= 15 is 0 Å². The summed E-state index contributed by atoms with van der Waals surface area (Å²) in [5, 5.41) is 6.69. The quantitative estimate of drug-likeness (QED) is 0.825. The molecule has 6 heteroatoms. The Hall–Kier alpha value is -2.37. The Bertz CT molecular complexity index is 776. The van der Waals surface area contributed by atoms with Crippen molar-refractivity contribution in [2.75, 3.05) is 0 Å². The standard InChI is InChI=1S/C18H23N3O3/c1-2-6-13-10-14(24-21-13)11-19-17(22)15-9-12-7-4-3-5-8-16(12)20-18(15)23/h9-10H,2-8,11H2,1H3,(H,19,22)(H,20,23). The van der Waals surface area contributed by atoms with Crippen molar-refractivity contribution in [2.45, 2.75) is 58.4 Å². The third-order valence-corrected chi connectivity index (χ3v) is 4.37. The predicted octanol–water partition coefficient (Wildman–Crippen LogP) is 2.51. The molecule has 2 heterocycles. The van der Waals surface area contributed by atoms with Gasteiger partial charge in [-0.25, -0.2) is 0 Å². The van der Waals surface area contributed by atoms with Crippen molar-refractivity contribution in [3.8, 4) is 0 Å². The average molecular weight is 329 g/mol. The first-order valence-corrected chi connectivity index (χ1v) is 8.65. The minimum absolute atomic E-state index is 0.170. The number of hydrogen-bond acceptors (Lipinski definition) is 4. The summed E-state index contributed by atoms with van der Waals surface area (Å²) in [4.78, 5) is 27.4. The summed E-state index contributed by atoms with van der Waals surface area (Å²) in [5.74, 6) is 0.217. The van der Waals surface area contributed by atoms with E-state index in [2.05, 4.69) is 22.4 Å². The van der Waals surface area contributed by atoms with E-state index in [1.807, 2.05) is 6.07 Å². The highest BCUT2D eigenvalue weighted by Crippen LogP contribution is 2.18. The summed E-state index contributed by atoms with van der Waals surface area (Å²) in [6, 6.07) is 3.59. The summed E-state index contributed by atoms with van der Waals surface area (Å²) in [6.45, 7) is 2.30. The topological polar surface area (TPSA) is 88.0 Å². The zero-order valence-corrected chi connectivity index (χ0v) is 14.0. The van der Waals surface area contributed by atoms with Crippen LogP contribution in [-0.4, -0.2) is 16.0 Å². The maximum atomic E-state index is 12.3. The minimum Gasteiger partial charge on any atom is -0.359 e. The summed E-state index contributed by atoms with van der Waals surface area (Å²) >= 11 is 0. The van der Waals surface area contributed by atoms with E-state index in [-0.39, 0.29) is 23.6 Å². The maximum absolute atomic E-state index is 12.3. The molecular formula is C18H23N3O3. The van der Waals surface area contributed by atoms with Crippen LogP contribution >= 0.6 is 0 Å². The van der Waals surface area contributed by atoms with Gasteiger partial charge in [0.05, 0.1) is 12.2 Å². The number of aromatic amines is 1. The molecule has 0 unspecified atom stereocenters. The van der Waals surface area contributed by atoms with Crippen LogP contribution in [0.2, 0.25) is 0 Å². The number of rotatable bonds is 5. The highest BCUT2D eigenvalue weighted by molar-refractivity contribution is 5.93. The van der Waals surface area contributed by atoms with Gasteiger partial charge >= 0.3 is 0 Å². The second-order valence-corrected chi connectivity index (χ2v) is 6.29. The van der Waals surface area contributed by atoms with Gasteiger partial charge in [0.15, 0.2) is 5.76 Å². The predicted molar refractivity (Wildman–Crippen MR) is 90.0 cm³/mol. The molecule has 0 fully saturated rings. The molecule has 1 aliphatic carbocycles. The molecule has 2 aromatic rings. The first-order chi connectivity index (χ1) is 11.7. The first kappa shape index (κ1) is 16.5. The van der Waals surface area contributed by atoms with E-state index < -0.39 is 0 Å². The third-order valence-electron chi connectivity index (χ3n) is 4.37. The number of aryl methyl sites for hydroxylation is 3. The molecule has 0 bridgehead atoms. The molecule has 1 amide bonds. The molecule has 0 spiro atoms. The largest absolute Gasteiger partial charge is 0.359 e. The molecule has 3 rings (SSSR count).